The average molecular weight is 356 g/mol. The van der Waals surface area contributed by atoms with Crippen molar-refractivity contribution in [3.05, 3.63) is 77.6 Å². The highest BCUT2D eigenvalue weighted by Crippen LogP contribution is 2.35. The van der Waals surface area contributed by atoms with E-state index in [2.05, 4.69) is 15.2 Å². The van der Waals surface area contributed by atoms with Crippen molar-refractivity contribution in [1.82, 2.24) is 4.98 Å². The van der Waals surface area contributed by atoms with Gasteiger partial charge in [-0.2, -0.15) is 0 Å². The summed E-state index contributed by atoms with van der Waals surface area (Å²) in [6, 6.07) is 18.2. The molecular formula is C18H14ClN3OS. The smallest absolute Gasteiger partial charge is 0.143 e. The number of phenols is 1. The standard InChI is InChI=1S/C18H14ClN3OS/c19-13-8-9-17(23)16(11-13)22-21-15-6-1-2-7-18(15)24-12-14-5-3-4-10-20-14/h1-11,23H,12H2. The molecule has 4 nitrogen and oxygen atoms in total. The number of aromatic nitrogens is 1. The first-order valence-electron chi connectivity index (χ1n) is 7.24. The molecule has 0 unspecified atom stereocenters. The molecule has 24 heavy (non-hydrogen) atoms. The maximum absolute atomic E-state index is 9.81. The molecule has 0 aliphatic rings. The first-order chi connectivity index (χ1) is 11.7. The third-order valence-corrected chi connectivity index (χ3v) is 4.50. The lowest BCUT2D eigenvalue weighted by molar-refractivity contribution is 0.476. The molecule has 120 valence electrons. The lowest BCUT2D eigenvalue weighted by atomic mass is 10.3. The number of aromatic hydroxyl groups is 1. The van der Waals surface area contributed by atoms with Crippen LogP contribution in [0.15, 0.2) is 82.0 Å². The summed E-state index contributed by atoms with van der Waals surface area (Å²) in [7, 11) is 0. The predicted octanol–water partition coefficient (Wildman–Crippen LogP) is 6.15. The van der Waals surface area contributed by atoms with Crippen molar-refractivity contribution in [2.75, 3.05) is 0 Å². The Labute approximate surface area is 149 Å². The van der Waals surface area contributed by atoms with Gasteiger partial charge in [-0.15, -0.1) is 22.0 Å². The van der Waals surface area contributed by atoms with Crippen LogP contribution in [0.1, 0.15) is 5.69 Å². The Balaban J connectivity index is 1.79. The second-order valence-electron chi connectivity index (χ2n) is 4.91. The van der Waals surface area contributed by atoms with E-state index < -0.39 is 0 Å². The molecule has 0 saturated heterocycles. The van der Waals surface area contributed by atoms with Crippen LogP contribution in [-0.2, 0) is 5.75 Å². The molecule has 0 aliphatic heterocycles. The van der Waals surface area contributed by atoms with Crippen molar-refractivity contribution in [1.29, 1.82) is 0 Å². The van der Waals surface area contributed by atoms with Crippen LogP contribution in [0.2, 0.25) is 5.02 Å². The van der Waals surface area contributed by atoms with E-state index in [1.165, 1.54) is 6.07 Å². The number of hydrogen-bond donors (Lipinski definition) is 1. The molecule has 0 atom stereocenters. The number of azo groups is 1. The van der Waals surface area contributed by atoms with Crippen molar-refractivity contribution in [3.63, 3.8) is 0 Å². The van der Waals surface area contributed by atoms with Gasteiger partial charge in [-0.25, -0.2) is 0 Å². The van der Waals surface area contributed by atoms with Crippen molar-refractivity contribution >= 4 is 34.7 Å². The van der Waals surface area contributed by atoms with Crippen LogP contribution in [0.5, 0.6) is 5.75 Å². The molecule has 0 aliphatic carbocycles. The fourth-order valence-electron chi connectivity index (χ4n) is 1.98. The minimum absolute atomic E-state index is 0.0433. The summed E-state index contributed by atoms with van der Waals surface area (Å²) in [5.74, 6) is 0.789. The number of halogens is 1. The van der Waals surface area contributed by atoms with Gasteiger partial charge in [0.15, 0.2) is 0 Å². The van der Waals surface area contributed by atoms with E-state index in [-0.39, 0.29) is 5.75 Å². The normalized spacial score (nSPS) is 11.0. The van der Waals surface area contributed by atoms with Crippen LogP contribution in [-0.4, -0.2) is 10.1 Å². The number of hydrogen-bond acceptors (Lipinski definition) is 5. The molecule has 1 heterocycles. The van der Waals surface area contributed by atoms with E-state index >= 15 is 0 Å². The van der Waals surface area contributed by atoms with Gasteiger partial charge in [0.1, 0.15) is 11.4 Å². The summed E-state index contributed by atoms with van der Waals surface area (Å²) in [6.45, 7) is 0. The number of rotatable bonds is 5. The first-order valence-corrected chi connectivity index (χ1v) is 8.61. The molecule has 3 rings (SSSR count). The monoisotopic (exact) mass is 355 g/mol. The molecule has 0 fully saturated rings. The van der Waals surface area contributed by atoms with Gasteiger partial charge in [-0.3, -0.25) is 4.98 Å². The zero-order valence-corrected chi connectivity index (χ0v) is 14.2. The van der Waals surface area contributed by atoms with E-state index in [0.29, 0.717) is 10.7 Å². The number of thioether (sulfide) groups is 1. The molecule has 1 N–H and O–H groups in total. The lowest BCUT2D eigenvalue weighted by Gasteiger charge is -2.04. The largest absolute Gasteiger partial charge is 0.506 e. The van der Waals surface area contributed by atoms with Gasteiger partial charge in [0, 0.05) is 21.9 Å². The molecule has 3 aromatic rings. The molecule has 2 aromatic carbocycles. The maximum atomic E-state index is 9.81. The molecule has 0 saturated carbocycles. The van der Waals surface area contributed by atoms with E-state index in [9.17, 15) is 5.11 Å². The van der Waals surface area contributed by atoms with Gasteiger partial charge >= 0.3 is 0 Å². The first kappa shape index (κ1) is 16.5. The minimum Gasteiger partial charge on any atom is -0.506 e. The number of nitrogens with zero attached hydrogens (tertiary/aromatic N) is 3. The second kappa shape index (κ2) is 7.95. The molecular weight excluding hydrogens is 342 g/mol. The number of pyridine rings is 1. The summed E-state index contributed by atoms with van der Waals surface area (Å²) < 4.78 is 0. The molecule has 0 bridgehead atoms. The van der Waals surface area contributed by atoms with Crippen molar-refractivity contribution in [2.45, 2.75) is 10.6 Å². The van der Waals surface area contributed by atoms with Crippen molar-refractivity contribution in [3.8, 4) is 5.75 Å². The van der Waals surface area contributed by atoms with Crippen LogP contribution >= 0.6 is 23.4 Å². The minimum atomic E-state index is 0.0433. The third kappa shape index (κ3) is 4.34. The third-order valence-electron chi connectivity index (χ3n) is 3.17. The van der Waals surface area contributed by atoms with E-state index in [1.54, 1.807) is 30.1 Å². The van der Waals surface area contributed by atoms with Gasteiger partial charge < -0.3 is 5.11 Å². The Morgan fingerprint density at radius 3 is 2.58 bits per heavy atom. The maximum Gasteiger partial charge on any atom is 0.143 e. The molecule has 0 amide bonds. The summed E-state index contributed by atoms with van der Waals surface area (Å²) in [6.07, 6.45) is 1.78. The second-order valence-corrected chi connectivity index (χ2v) is 6.36. The van der Waals surface area contributed by atoms with Gasteiger partial charge in [0.05, 0.1) is 11.4 Å². The molecule has 0 spiro atoms. The molecule has 1 aromatic heterocycles. The Kier molecular flexibility index (Phi) is 5.46. The van der Waals surface area contributed by atoms with Gasteiger partial charge in [0.2, 0.25) is 0 Å². The van der Waals surface area contributed by atoms with Crippen LogP contribution in [0.4, 0.5) is 11.4 Å². The highest BCUT2D eigenvalue weighted by Gasteiger charge is 2.05. The summed E-state index contributed by atoms with van der Waals surface area (Å²) in [5, 5.41) is 18.7. The lowest BCUT2D eigenvalue weighted by Crippen LogP contribution is -1.84. The SMILES string of the molecule is Oc1ccc(Cl)cc1N=Nc1ccccc1SCc1ccccn1. The Hall–Kier alpha value is -2.37. The van der Waals surface area contributed by atoms with Crippen molar-refractivity contribution in [2.24, 2.45) is 10.2 Å². The Bertz CT molecular complexity index is 856. The number of benzene rings is 2. The number of phenolic OH excluding ortho intramolecular Hbond substituents is 1. The summed E-state index contributed by atoms with van der Waals surface area (Å²) in [5.41, 5.74) is 2.08. The van der Waals surface area contributed by atoms with Gasteiger partial charge in [-0.05, 0) is 42.5 Å². The van der Waals surface area contributed by atoms with Gasteiger partial charge in [0.25, 0.3) is 0 Å². The zero-order valence-electron chi connectivity index (χ0n) is 12.6. The van der Waals surface area contributed by atoms with E-state index in [0.717, 1.165) is 22.0 Å². The Morgan fingerprint density at radius 2 is 1.75 bits per heavy atom. The molecule has 0 radical (unpaired) electrons. The average Bonchev–Trinajstić information content (AvgIpc) is 2.62. The van der Waals surface area contributed by atoms with E-state index in [1.807, 2.05) is 42.5 Å². The zero-order chi connectivity index (χ0) is 16.8. The Morgan fingerprint density at radius 1 is 0.958 bits per heavy atom. The highest BCUT2D eigenvalue weighted by atomic mass is 35.5. The van der Waals surface area contributed by atoms with E-state index in [4.69, 9.17) is 11.6 Å². The fraction of sp³-hybridized carbons (Fsp3) is 0.0556. The van der Waals surface area contributed by atoms with Crippen LogP contribution in [0.25, 0.3) is 0 Å². The topological polar surface area (TPSA) is 57.8 Å². The fourth-order valence-corrected chi connectivity index (χ4v) is 3.05. The summed E-state index contributed by atoms with van der Waals surface area (Å²) >= 11 is 7.56. The van der Waals surface area contributed by atoms with Crippen LogP contribution in [0.3, 0.4) is 0 Å². The predicted molar refractivity (Wildman–Crippen MR) is 97.5 cm³/mol. The summed E-state index contributed by atoms with van der Waals surface area (Å²) in [4.78, 5) is 5.31. The molecule has 6 heteroatoms. The quantitative estimate of drug-likeness (QED) is 0.441. The van der Waals surface area contributed by atoms with Crippen LogP contribution in [0, 0.1) is 0 Å². The van der Waals surface area contributed by atoms with Crippen LogP contribution < -0.4 is 0 Å². The highest BCUT2D eigenvalue weighted by molar-refractivity contribution is 7.98. The van der Waals surface area contributed by atoms with Crippen molar-refractivity contribution < 1.29 is 5.11 Å². The van der Waals surface area contributed by atoms with Gasteiger partial charge in [-0.1, -0.05) is 29.8 Å².